The highest BCUT2D eigenvalue weighted by atomic mass is 32.1. The third-order valence-electron chi connectivity index (χ3n) is 2.68. The van der Waals surface area contributed by atoms with Gasteiger partial charge < -0.3 is 10.4 Å². The molecule has 0 aliphatic rings. The molecule has 0 saturated carbocycles. The Bertz CT molecular complexity index is 780. The van der Waals surface area contributed by atoms with E-state index in [9.17, 15) is 4.79 Å². The summed E-state index contributed by atoms with van der Waals surface area (Å²) in [4.78, 5) is 19.0. The molecule has 0 bridgehead atoms. The summed E-state index contributed by atoms with van der Waals surface area (Å²) in [7, 11) is 0. The zero-order chi connectivity index (χ0) is 14.1. The topological polar surface area (TPSA) is 105 Å². The number of aromatic nitrogens is 5. The molecule has 0 aliphatic heterocycles. The maximum absolute atomic E-state index is 10.8. The first kappa shape index (κ1) is 12.5. The lowest BCUT2D eigenvalue weighted by Gasteiger charge is -2.04. The summed E-state index contributed by atoms with van der Waals surface area (Å²) in [6.45, 7) is 2.24. The van der Waals surface area contributed by atoms with Gasteiger partial charge in [0.25, 0.3) is 0 Å². The molecule has 20 heavy (non-hydrogen) atoms. The van der Waals surface area contributed by atoms with Crippen LogP contribution in [0.3, 0.4) is 0 Å². The fourth-order valence-electron chi connectivity index (χ4n) is 1.72. The Kier molecular flexibility index (Phi) is 3.03. The van der Waals surface area contributed by atoms with Crippen molar-refractivity contribution in [1.82, 2.24) is 24.6 Å². The molecule has 0 unspecified atom stereocenters. The van der Waals surface area contributed by atoms with E-state index in [4.69, 9.17) is 5.11 Å². The summed E-state index contributed by atoms with van der Waals surface area (Å²) in [5.74, 6) is 0.328. The van der Waals surface area contributed by atoms with Crippen molar-refractivity contribution in [2.75, 3.05) is 5.32 Å². The number of carboxylic acid groups (broad SMARTS) is 1. The summed E-state index contributed by atoms with van der Waals surface area (Å²) < 4.78 is 1.82. The molecule has 2 N–H and O–H groups in total. The van der Waals surface area contributed by atoms with Crippen LogP contribution in [0.5, 0.6) is 0 Å². The molecule has 3 aromatic heterocycles. The molecule has 0 amide bonds. The molecule has 9 heteroatoms. The predicted octanol–water partition coefficient (Wildman–Crippen LogP) is 1.20. The second kappa shape index (κ2) is 4.85. The quantitative estimate of drug-likeness (QED) is 0.743. The van der Waals surface area contributed by atoms with Gasteiger partial charge in [0.1, 0.15) is 10.8 Å². The minimum atomic E-state index is -1.03. The fourth-order valence-corrected chi connectivity index (χ4v) is 2.42. The number of fused-ring (bicyclic) bond motifs is 1. The van der Waals surface area contributed by atoms with Gasteiger partial charge in [-0.2, -0.15) is 0 Å². The van der Waals surface area contributed by atoms with Gasteiger partial charge in [-0.1, -0.05) is 0 Å². The molecule has 0 radical (unpaired) electrons. The number of nitrogens with zero attached hydrogens (tertiary/aromatic N) is 5. The van der Waals surface area contributed by atoms with Gasteiger partial charge in [-0.05, 0) is 6.92 Å². The van der Waals surface area contributed by atoms with Crippen molar-refractivity contribution in [1.29, 1.82) is 0 Å². The van der Waals surface area contributed by atoms with E-state index in [0.717, 1.165) is 5.82 Å². The molecule has 0 atom stereocenters. The summed E-state index contributed by atoms with van der Waals surface area (Å²) in [5.41, 5.74) is 0.677. The molecule has 0 aromatic carbocycles. The van der Waals surface area contributed by atoms with Gasteiger partial charge in [-0.25, -0.2) is 14.8 Å². The zero-order valence-corrected chi connectivity index (χ0v) is 11.3. The van der Waals surface area contributed by atoms with Crippen molar-refractivity contribution in [3.05, 3.63) is 34.3 Å². The van der Waals surface area contributed by atoms with Crippen LogP contribution in [0.2, 0.25) is 0 Å². The molecule has 3 aromatic rings. The van der Waals surface area contributed by atoms with Gasteiger partial charge in [-0.15, -0.1) is 21.5 Å². The molecule has 3 heterocycles. The third-order valence-corrected chi connectivity index (χ3v) is 3.52. The molecule has 0 spiro atoms. The Morgan fingerprint density at radius 3 is 3.10 bits per heavy atom. The van der Waals surface area contributed by atoms with Crippen LogP contribution < -0.4 is 5.32 Å². The smallest absolute Gasteiger partial charge is 0.355 e. The molecule has 0 saturated heterocycles. The summed E-state index contributed by atoms with van der Waals surface area (Å²) in [5, 5.41) is 22.1. The van der Waals surface area contributed by atoms with Crippen LogP contribution in [0.1, 0.15) is 21.3 Å². The molecular weight excluding hydrogens is 280 g/mol. The van der Waals surface area contributed by atoms with E-state index >= 15 is 0 Å². The Morgan fingerprint density at radius 1 is 1.50 bits per heavy atom. The van der Waals surface area contributed by atoms with Crippen molar-refractivity contribution in [3.63, 3.8) is 0 Å². The van der Waals surface area contributed by atoms with E-state index in [0.29, 0.717) is 23.0 Å². The number of nitrogens with one attached hydrogen (secondary N) is 1. The Balaban J connectivity index is 1.81. The van der Waals surface area contributed by atoms with Crippen LogP contribution >= 0.6 is 11.3 Å². The minimum absolute atomic E-state index is 0.0521. The number of carboxylic acids is 1. The number of anilines is 1. The first-order valence-electron chi connectivity index (χ1n) is 5.73. The largest absolute Gasteiger partial charge is 0.476 e. The molecule has 0 fully saturated rings. The van der Waals surface area contributed by atoms with Crippen LogP contribution in [-0.4, -0.2) is 35.6 Å². The van der Waals surface area contributed by atoms with Crippen molar-refractivity contribution in [3.8, 4) is 0 Å². The predicted molar refractivity (Wildman–Crippen MR) is 71.9 cm³/mol. The molecule has 102 valence electrons. The fraction of sp³-hybridized carbons (Fsp3) is 0.182. The normalized spacial score (nSPS) is 10.8. The van der Waals surface area contributed by atoms with Gasteiger partial charge in [-0.3, -0.25) is 4.40 Å². The van der Waals surface area contributed by atoms with Crippen LogP contribution in [0.4, 0.5) is 5.82 Å². The van der Waals surface area contributed by atoms with Crippen molar-refractivity contribution < 1.29 is 9.90 Å². The minimum Gasteiger partial charge on any atom is -0.476 e. The van der Waals surface area contributed by atoms with E-state index in [1.54, 1.807) is 12.4 Å². The SMILES string of the molecule is Cc1nnc2c(NCc3nc(C(=O)O)cs3)nccn12. The highest BCUT2D eigenvalue weighted by Crippen LogP contribution is 2.15. The number of thiazole rings is 1. The van der Waals surface area contributed by atoms with Gasteiger partial charge in [0.2, 0.25) is 5.65 Å². The van der Waals surface area contributed by atoms with Crippen LogP contribution in [0, 0.1) is 6.92 Å². The number of hydrogen-bond donors (Lipinski definition) is 2. The second-order valence-corrected chi connectivity index (χ2v) is 4.94. The molecule has 8 nitrogen and oxygen atoms in total. The molecule has 0 aliphatic carbocycles. The van der Waals surface area contributed by atoms with E-state index in [2.05, 4.69) is 25.5 Å². The third kappa shape index (κ3) is 2.18. The maximum atomic E-state index is 10.8. The summed E-state index contributed by atoms with van der Waals surface area (Å²) in [6.07, 6.45) is 3.43. The van der Waals surface area contributed by atoms with Gasteiger partial charge in [0.15, 0.2) is 11.5 Å². The van der Waals surface area contributed by atoms with Gasteiger partial charge >= 0.3 is 5.97 Å². The van der Waals surface area contributed by atoms with Crippen LogP contribution in [0.25, 0.3) is 5.65 Å². The number of aromatic carboxylic acids is 1. The Labute approximate surface area is 117 Å². The number of rotatable bonds is 4. The number of carbonyl (C=O) groups is 1. The van der Waals surface area contributed by atoms with Crippen LogP contribution in [-0.2, 0) is 6.54 Å². The standard InChI is InChI=1S/C11H10N6O2S/c1-6-15-16-10-9(12-2-3-17(6)10)13-4-8-14-7(5-20-8)11(18)19/h2-3,5H,4H2,1H3,(H,12,13)(H,18,19). The maximum Gasteiger partial charge on any atom is 0.355 e. The first-order chi connectivity index (χ1) is 9.65. The second-order valence-electron chi connectivity index (χ2n) is 4.00. The highest BCUT2D eigenvalue weighted by molar-refractivity contribution is 7.09. The van der Waals surface area contributed by atoms with E-state index in [1.807, 2.05) is 11.3 Å². The van der Waals surface area contributed by atoms with Crippen LogP contribution in [0.15, 0.2) is 17.8 Å². The summed E-state index contributed by atoms with van der Waals surface area (Å²) in [6, 6.07) is 0. The first-order valence-corrected chi connectivity index (χ1v) is 6.61. The number of aryl methyl sites for hydroxylation is 1. The van der Waals surface area contributed by atoms with Crippen molar-refractivity contribution in [2.24, 2.45) is 0 Å². The Morgan fingerprint density at radius 2 is 2.35 bits per heavy atom. The van der Waals surface area contributed by atoms with Crippen molar-refractivity contribution in [2.45, 2.75) is 13.5 Å². The highest BCUT2D eigenvalue weighted by Gasteiger charge is 2.10. The average molecular weight is 290 g/mol. The lowest BCUT2D eigenvalue weighted by atomic mass is 10.5. The summed E-state index contributed by atoms with van der Waals surface area (Å²) >= 11 is 1.28. The van der Waals surface area contributed by atoms with Crippen molar-refractivity contribution >= 4 is 28.8 Å². The van der Waals surface area contributed by atoms with E-state index in [1.165, 1.54) is 16.7 Å². The Hall–Kier alpha value is -2.55. The molecule has 3 rings (SSSR count). The lowest BCUT2D eigenvalue weighted by molar-refractivity contribution is 0.0691. The van der Waals surface area contributed by atoms with Gasteiger partial charge in [0, 0.05) is 17.8 Å². The van der Waals surface area contributed by atoms with Gasteiger partial charge in [0.05, 0.1) is 6.54 Å². The number of hydrogen-bond acceptors (Lipinski definition) is 7. The lowest BCUT2D eigenvalue weighted by Crippen LogP contribution is -2.04. The van der Waals surface area contributed by atoms with E-state index < -0.39 is 5.97 Å². The monoisotopic (exact) mass is 290 g/mol. The average Bonchev–Trinajstić information content (AvgIpc) is 3.04. The van der Waals surface area contributed by atoms with E-state index in [-0.39, 0.29) is 5.69 Å². The zero-order valence-electron chi connectivity index (χ0n) is 10.4. The molecular formula is C11H10N6O2S.